The van der Waals surface area contributed by atoms with Gasteiger partial charge in [-0.3, -0.25) is 0 Å². The van der Waals surface area contributed by atoms with E-state index in [1.54, 1.807) is 7.11 Å². The molecule has 2 N–H and O–H groups in total. The molecule has 0 amide bonds. The second-order valence-electron chi connectivity index (χ2n) is 4.63. The highest BCUT2D eigenvalue weighted by molar-refractivity contribution is 5.24. The topological polar surface area (TPSA) is 38.5 Å². The van der Waals surface area contributed by atoms with Crippen molar-refractivity contribution in [2.24, 2.45) is 5.73 Å². The lowest BCUT2D eigenvalue weighted by molar-refractivity contribution is 0.177. The number of methoxy groups -OCH3 is 1. The Bertz CT molecular complexity index is 311. The number of nitrogens with zero attached hydrogens (tertiary/aromatic N) is 1. The van der Waals surface area contributed by atoms with Crippen LogP contribution in [-0.4, -0.2) is 38.8 Å². The third kappa shape index (κ3) is 5.31. The van der Waals surface area contributed by atoms with Crippen molar-refractivity contribution >= 4 is 0 Å². The van der Waals surface area contributed by atoms with Crippen LogP contribution in [0.4, 0.5) is 0 Å². The third-order valence-electron chi connectivity index (χ3n) is 2.90. The molecule has 0 aliphatic carbocycles. The summed E-state index contributed by atoms with van der Waals surface area (Å²) in [5.74, 6) is 0. The van der Waals surface area contributed by atoms with Gasteiger partial charge >= 0.3 is 0 Å². The van der Waals surface area contributed by atoms with Crippen molar-refractivity contribution in [2.75, 3.05) is 33.9 Å². The number of nitrogens with two attached hydrogens (primary N) is 1. The lowest BCUT2D eigenvalue weighted by Crippen LogP contribution is -2.30. The van der Waals surface area contributed by atoms with Crippen molar-refractivity contribution in [1.82, 2.24) is 4.90 Å². The van der Waals surface area contributed by atoms with E-state index in [1.165, 1.54) is 11.1 Å². The zero-order chi connectivity index (χ0) is 12.7. The first-order valence-corrected chi connectivity index (χ1v) is 6.13. The predicted molar refractivity (Wildman–Crippen MR) is 72.1 cm³/mol. The van der Waals surface area contributed by atoms with Crippen LogP contribution in [0.2, 0.25) is 0 Å². The van der Waals surface area contributed by atoms with Crippen molar-refractivity contribution in [1.29, 1.82) is 0 Å². The number of rotatable bonds is 7. The molecule has 0 aliphatic rings. The summed E-state index contributed by atoms with van der Waals surface area (Å²) in [7, 11) is 3.84. The first-order chi connectivity index (χ1) is 8.13. The van der Waals surface area contributed by atoms with Crippen LogP contribution in [0.5, 0.6) is 0 Å². The molecule has 0 saturated heterocycles. The predicted octanol–water partition coefficient (Wildman–Crippen LogP) is 1.96. The number of hydrogen-bond acceptors (Lipinski definition) is 3. The number of aryl methyl sites for hydroxylation is 1. The van der Waals surface area contributed by atoms with Gasteiger partial charge in [-0.1, -0.05) is 29.8 Å². The SMILES string of the molecule is COCCCN(C)CC(N)c1ccc(C)cc1. The Hall–Kier alpha value is -0.900. The van der Waals surface area contributed by atoms with E-state index in [0.29, 0.717) is 0 Å². The van der Waals surface area contributed by atoms with Crippen molar-refractivity contribution < 1.29 is 4.74 Å². The zero-order valence-electron chi connectivity index (χ0n) is 11.1. The van der Waals surface area contributed by atoms with E-state index >= 15 is 0 Å². The van der Waals surface area contributed by atoms with Gasteiger partial charge < -0.3 is 15.4 Å². The van der Waals surface area contributed by atoms with Gasteiger partial charge in [0.25, 0.3) is 0 Å². The van der Waals surface area contributed by atoms with E-state index in [-0.39, 0.29) is 6.04 Å². The number of benzene rings is 1. The molecule has 0 radical (unpaired) electrons. The Labute approximate surface area is 105 Å². The van der Waals surface area contributed by atoms with Crippen LogP contribution in [0.15, 0.2) is 24.3 Å². The second-order valence-corrected chi connectivity index (χ2v) is 4.63. The first kappa shape index (κ1) is 14.2. The molecule has 1 unspecified atom stereocenters. The standard InChI is InChI=1S/C14H24N2O/c1-12-5-7-13(8-6-12)14(15)11-16(2)9-4-10-17-3/h5-8,14H,4,9-11,15H2,1-3H3. The lowest BCUT2D eigenvalue weighted by Gasteiger charge is -2.21. The first-order valence-electron chi connectivity index (χ1n) is 6.13. The fourth-order valence-electron chi connectivity index (χ4n) is 1.82. The minimum atomic E-state index is 0.0862. The van der Waals surface area contributed by atoms with Crippen molar-refractivity contribution in [2.45, 2.75) is 19.4 Å². The monoisotopic (exact) mass is 236 g/mol. The van der Waals surface area contributed by atoms with E-state index in [2.05, 4.69) is 43.1 Å². The molecule has 0 spiro atoms. The molecular weight excluding hydrogens is 212 g/mol. The second kappa shape index (κ2) is 7.43. The highest BCUT2D eigenvalue weighted by Crippen LogP contribution is 2.12. The fourth-order valence-corrected chi connectivity index (χ4v) is 1.82. The number of hydrogen-bond donors (Lipinski definition) is 1. The molecule has 1 aromatic rings. The van der Waals surface area contributed by atoms with E-state index < -0.39 is 0 Å². The minimum Gasteiger partial charge on any atom is -0.385 e. The highest BCUT2D eigenvalue weighted by atomic mass is 16.5. The van der Waals surface area contributed by atoms with Crippen molar-refractivity contribution in [3.63, 3.8) is 0 Å². The molecule has 0 aromatic heterocycles. The Morgan fingerprint density at radius 3 is 2.53 bits per heavy atom. The van der Waals surface area contributed by atoms with Gasteiger partial charge in [0.2, 0.25) is 0 Å². The molecule has 3 nitrogen and oxygen atoms in total. The van der Waals surface area contributed by atoms with Crippen LogP contribution < -0.4 is 5.73 Å². The summed E-state index contributed by atoms with van der Waals surface area (Å²) in [6.07, 6.45) is 1.05. The van der Waals surface area contributed by atoms with Gasteiger partial charge in [-0.05, 0) is 26.0 Å². The summed E-state index contributed by atoms with van der Waals surface area (Å²) < 4.78 is 5.04. The quantitative estimate of drug-likeness (QED) is 0.736. The minimum absolute atomic E-state index is 0.0862. The molecule has 0 aliphatic heterocycles. The zero-order valence-corrected chi connectivity index (χ0v) is 11.1. The summed E-state index contributed by atoms with van der Waals surface area (Å²) >= 11 is 0. The summed E-state index contributed by atoms with van der Waals surface area (Å²) in [6, 6.07) is 8.54. The number of likely N-dealkylation sites (N-methyl/N-ethyl adjacent to an activating group) is 1. The van der Waals surface area contributed by atoms with Crippen molar-refractivity contribution in [3.05, 3.63) is 35.4 Å². The van der Waals surface area contributed by atoms with Gasteiger partial charge in [-0.2, -0.15) is 0 Å². The average Bonchev–Trinajstić information content (AvgIpc) is 2.30. The highest BCUT2D eigenvalue weighted by Gasteiger charge is 2.08. The van der Waals surface area contributed by atoms with Crippen LogP contribution in [0.25, 0.3) is 0 Å². The van der Waals surface area contributed by atoms with E-state index in [4.69, 9.17) is 10.5 Å². The average molecular weight is 236 g/mol. The molecule has 1 atom stereocenters. The summed E-state index contributed by atoms with van der Waals surface area (Å²) in [4.78, 5) is 2.25. The van der Waals surface area contributed by atoms with Crippen LogP contribution in [-0.2, 0) is 4.74 Å². The van der Waals surface area contributed by atoms with Crippen molar-refractivity contribution in [3.8, 4) is 0 Å². The van der Waals surface area contributed by atoms with Crippen LogP contribution >= 0.6 is 0 Å². The smallest absolute Gasteiger partial charge is 0.0474 e. The maximum absolute atomic E-state index is 6.18. The number of ether oxygens (including phenoxy) is 1. The third-order valence-corrected chi connectivity index (χ3v) is 2.90. The Kier molecular flexibility index (Phi) is 6.19. The molecule has 0 heterocycles. The molecule has 17 heavy (non-hydrogen) atoms. The molecule has 0 bridgehead atoms. The van der Waals surface area contributed by atoms with E-state index in [9.17, 15) is 0 Å². The Morgan fingerprint density at radius 2 is 1.94 bits per heavy atom. The van der Waals surface area contributed by atoms with E-state index in [0.717, 1.165) is 26.1 Å². The summed E-state index contributed by atoms with van der Waals surface area (Å²) in [5.41, 5.74) is 8.65. The fraction of sp³-hybridized carbons (Fsp3) is 0.571. The summed E-state index contributed by atoms with van der Waals surface area (Å²) in [5, 5.41) is 0. The van der Waals surface area contributed by atoms with Crippen LogP contribution in [0, 0.1) is 6.92 Å². The van der Waals surface area contributed by atoms with Gasteiger partial charge in [0, 0.05) is 32.8 Å². The normalized spacial score (nSPS) is 13.0. The van der Waals surface area contributed by atoms with Gasteiger partial charge in [0.05, 0.1) is 0 Å². The van der Waals surface area contributed by atoms with Crippen LogP contribution in [0.1, 0.15) is 23.6 Å². The van der Waals surface area contributed by atoms with Gasteiger partial charge in [-0.15, -0.1) is 0 Å². The molecule has 1 rings (SSSR count). The molecule has 96 valence electrons. The maximum Gasteiger partial charge on any atom is 0.0474 e. The van der Waals surface area contributed by atoms with Gasteiger partial charge in [0.1, 0.15) is 0 Å². The van der Waals surface area contributed by atoms with Crippen LogP contribution in [0.3, 0.4) is 0 Å². The Morgan fingerprint density at radius 1 is 1.29 bits per heavy atom. The Balaban J connectivity index is 2.37. The molecule has 0 fully saturated rings. The molecule has 3 heteroatoms. The maximum atomic E-state index is 6.18. The van der Waals surface area contributed by atoms with E-state index in [1.807, 2.05) is 0 Å². The van der Waals surface area contributed by atoms with Gasteiger partial charge in [0.15, 0.2) is 0 Å². The largest absolute Gasteiger partial charge is 0.385 e. The molecular formula is C14H24N2O. The van der Waals surface area contributed by atoms with Gasteiger partial charge in [-0.25, -0.2) is 0 Å². The summed E-state index contributed by atoms with van der Waals surface area (Å²) in [6.45, 7) is 4.80. The molecule has 1 aromatic carbocycles. The lowest BCUT2D eigenvalue weighted by atomic mass is 10.1. The molecule has 0 saturated carbocycles.